The first kappa shape index (κ1) is 14.3. The summed E-state index contributed by atoms with van der Waals surface area (Å²) in [5.74, 6) is -1.46. The van der Waals surface area contributed by atoms with Gasteiger partial charge in [-0.2, -0.15) is 0 Å². The normalized spacial score (nSPS) is 13.9. The Morgan fingerprint density at radius 3 is 2.27 bits per heavy atom. The molecule has 0 aliphatic heterocycles. The van der Waals surface area contributed by atoms with Crippen molar-refractivity contribution in [2.75, 3.05) is 0 Å². The number of aliphatic hydroxyl groups is 2. The number of nitrogens with one attached hydrogen (secondary N) is 1. The van der Waals surface area contributed by atoms with Gasteiger partial charge in [0.05, 0.1) is 5.69 Å². The fourth-order valence-corrected chi connectivity index (χ4v) is 2.60. The van der Waals surface area contributed by atoms with Crippen LogP contribution in [0.5, 0.6) is 0 Å². The highest BCUT2D eigenvalue weighted by atomic mass is 16.4. The molecule has 0 saturated carbocycles. The Morgan fingerprint density at radius 1 is 0.955 bits per heavy atom. The topological polar surface area (TPSA) is 93.6 Å². The Hall–Kier alpha value is -2.63. The number of para-hydroxylation sites is 1. The Balaban J connectivity index is 2.24. The van der Waals surface area contributed by atoms with Crippen molar-refractivity contribution >= 4 is 16.9 Å². The van der Waals surface area contributed by atoms with Crippen LogP contribution in [0, 0.1) is 0 Å². The van der Waals surface area contributed by atoms with Crippen LogP contribution in [0.1, 0.15) is 11.7 Å². The van der Waals surface area contributed by atoms with E-state index >= 15 is 0 Å². The SMILES string of the molecule is O=C(O)C(O)C(O)c1c(-c2ccccc2)[nH]c2ccccc12. The van der Waals surface area contributed by atoms with Crippen LogP contribution in [0.3, 0.4) is 0 Å². The fraction of sp³-hybridized carbons (Fsp3) is 0.118. The van der Waals surface area contributed by atoms with Crippen molar-refractivity contribution in [1.29, 1.82) is 0 Å². The number of hydrogen-bond acceptors (Lipinski definition) is 3. The number of aliphatic hydroxyl groups excluding tert-OH is 2. The summed E-state index contributed by atoms with van der Waals surface area (Å²) in [6.45, 7) is 0. The van der Waals surface area contributed by atoms with E-state index in [9.17, 15) is 15.0 Å². The second-order valence-corrected chi connectivity index (χ2v) is 5.05. The molecule has 2 atom stereocenters. The summed E-state index contributed by atoms with van der Waals surface area (Å²) in [5, 5.41) is 29.7. The summed E-state index contributed by atoms with van der Waals surface area (Å²) in [6.07, 6.45) is -3.41. The van der Waals surface area contributed by atoms with Crippen LogP contribution < -0.4 is 0 Å². The van der Waals surface area contributed by atoms with Crippen molar-refractivity contribution in [3.05, 3.63) is 60.2 Å². The third-order valence-corrected chi connectivity index (χ3v) is 3.66. The van der Waals surface area contributed by atoms with E-state index in [0.717, 1.165) is 11.1 Å². The standard InChI is InChI=1S/C17H15NO4/c19-15(16(20)17(21)22)13-11-8-4-5-9-12(11)18-14(13)10-6-2-1-3-7-10/h1-9,15-16,18-20H,(H,21,22). The highest BCUT2D eigenvalue weighted by molar-refractivity contribution is 5.92. The molecule has 3 aromatic rings. The summed E-state index contributed by atoms with van der Waals surface area (Å²) in [6, 6.07) is 16.5. The van der Waals surface area contributed by atoms with Gasteiger partial charge in [-0.15, -0.1) is 0 Å². The fourth-order valence-electron chi connectivity index (χ4n) is 2.60. The molecule has 2 aromatic carbocycles. The number of aromatic nitrogens is 1. The minimum absolute atomic E-state index is 0.386. The van der Waals surface area contributed by atoms with Gasteiger partial charge in [0, 0.05) is 16.5 Å². The molecule has 22 heavy (non-hydrogen) atoms. The van der Waals surface area contributed by atoms with Gasteiger partial charge in [-0.05, 0) is 11.6 Å². The number of carboxylic acids is 1. The van der Waals surface area contributed by atoms with Crippen LogP contribution in [0.2, 0.25) is 0 Å². The van der Waals surface area contributed by atoms with Crippen LogP contribution in [-0.4, -0.2) is 32.4 Å². The molecule has 0 saturated heterocycles. The quantitative estimate of drug-likeness (QED) is 0.594. The van der Waals surface area contributed by atoms with E-state index in [-0.39, 0.29) is 0 Å². The minimum atomic E-state index is -1.89. The molecule has 0 bridgehead atoms. The molecular weight excluding hydrogens is 282 g/mol. The highest BCUT2D eigenvalue weighted by Crippen LogP contribution is 2.35. The molecule has 1 heterocycles. The van der Waals surface area contributed by atoms with Crippen molar-refractivity contribution in [2.45, 2.75) is 12.2 Å². The first-order valence-corrected chi connectivity index (χ1v) is 6.84. The molecule has 0 fully saturated rings. The molecule has 4 N–H and O–H groups in total. The van der Waals surface area contributed by atoms with Crippen molar-refractivity contribution < 1.29 is 20.1 Å². The van der Waals surface area contributed by atoms with E-state index in [0.29, 0.717) is 16.6 Å². The van der Waals surface area contributed by atoms with E-state index < -0.39 is 18.2 Å². The summed E-state index contributed by atoms with van der Waals surface area (Å²) in [4.78, 5) is 14.2. The lowest BCUT2D eigenvalue weighted by atomic mass is 9.97. The van der Waals surface area contributed by atoms with Gasteiger partial charge < -0.3 is 20.3 Å². The number of benzene rings is 2. The van der Waals surface area contributed by atoms with E-state index in [2.05, 4.69) is 4.98 Å². The van der Waals surface area contributed by atoms with Gasteiger partial charge in [0.25, 0.3) is 0 Å². The average Bonchev–Trinajstić information content (AvgIpc) is 2.93. The zero-order valence-electron chi connectivity index (χ0n) is 11.6. The number of aromatic amines is 1. The molecule has 3 rings (SSSR count). The van der Waals surface area contributed by atoms with Gasteiger partial charge in [0.15, 0.2) is 6.10 Å². The third kappa shape index (κ3) is 2.36. The van der Waals surface area contributed by atoms with Crippen LogP contribution >= 0.6 is 0 Å². The number of carboxylic acid groups (broad SMARTS) is 1. The number of fused-ring (bicyclic) bond motifs is 1. The monoisotopic (exact) mass is 297 g/mol. The molecule has 0 aliphatic carbocycles. The van der Waals surface area contributed by atoms with Crippen LogP contribution in [0.4, 0.5) is 0 Å². The minimum Gasteiger partial charge on any atom is -0.479 e. The Labute approximate surface area is 126 Å². The number of aliphatic carboxylic acids is 1. The van der Waals surface area contributed by atoms with Crippen LogP contribution in [0.15, 0.2) is 54.6 Å². The Kier molecular flexibility index (Phi) is 3.66. The molecule has 0 radical (unpaired) electrons. The molecular formula is C17H15NO4. The van der Waals surface area contributed by atoms with E-state index in [1.807, 2.05) is 42.5 Å². The summed E-state index contributed by atoms with van der Waals surface area (Å²) < 4.78 is 0. The predicted molar refractivity (Wildman–Crippen MR) is 82.3 cm³/mol. The molecule has 0 spiro atoms. The zero-order chi connectivity index (χ0) is 15.7. The van der Waals surface area contributed by atoms with Crippen molar-refractivity contribution in [1.82, 2.24) is 4.98 Å². The smallest absolute Gasteiger partial charge is 0.335 e. The Morgan fingerprint density at radius 2 is 1.59 bits per heavy atom. The van der Waals surface area contributed by atoms with Gasteiger partial charge in [0.1, 0.15) is 6.10 Å². The largest absolute Gasteiger partial charge is 0.479 e. The number of carbonyl (C=O) groups is 1. The molecule has 112 valence electrons. The second kappa shape index (κ2) is 5.63. The highest BCUT2D eigenvalue weighted by Gasteiger charge is 2.30. The lowest BCUT2D eigenvalue weighted by Crippen LogP contribution is -2.27. The molecule has 5 heteroatoms. The van der Waals surface area contributed by atoms with E-state index in [1.165, 1.54) is 0 Å². The maximum absolute atomic E-state index is 11.0. The summed E-state index contributed by atoms with van der Waals surface area (Å²) in [7, 11) is 0. The maximum Gasteiger partial charge on any atom is 0.335 e. The first-order chi connectivity index (χ1) is 10.6. The van der Waals surface area contributed by atoms with Gasteiger partial charge in [-0.3, -0.25) is 0 Å². The lowest BCUT2D eigenvalue weighted by Gasteiger charge is -2.16. The lowest BCUT2D eigenvalue weighted by molar-refractivity contribution is -0.152. The summed E-state index contributed by atoms with van der Waals surface area (Å²) in [5.41, 5.74) is 2.57. The Bertz CT molecular complexity index is 810. The van der Waals surface area contributed by atoms with E-state index in [4.69, 9.17) is 5.11 Å². The molecule has 0 amide bonds. The average molecular weight is 297 g/mol. The van der Waals surface area contributed by atoms with Gasteiger partial charge in [-0.1, -0.05) is 48.5 Å². The van der Waals surface area contributed by atoms with Gasteiger partial charge in [0.2, 0.25) is 0 Å². The first-order valence-electron chi connectivity index (χ1n) is 6.84. The van der Waals surface area contributed by atoms with Crippen LogP contribution in [0.25, 0.3) is 22.2 Å². The summed E-state index contributed by atoms with van der Waals surface area (Å²) >= 11 is 0. The predicted octanol–water partition coefficient (Wildman–Crippen LogP) is 2.31. The number of H-pyrrole nitrogens is 1. The molecule has 1 aromatic heterocycles. The second-order valence-electron chi connectivity index (χ2n) is 5.05. The zero-order valence-corrected chi connectivity index (χ0v) is 11.6. The van der Waals surface area contributed by atoms with Crippen molar-refractivity contribution in [3.63, 3.8) is 0 Å². The van der Waals surface area contributed by atoms with Gasteiger partial charge >= 0.3 is 5.97 Å². The van der Waals surface area contributed by atoms with Crippen molar-refractivity contribution in [2.24, 2.45) is 0 Å². The maximum atomic E-state index is 11.0. The molecule has 5 nitrogen and oxygen atoms in total. The van der Waals surface area contributed by atoms with Crippen LogP contribution in [-0.2, 0) is 4.79 Å². The third-order valence-electron chi connectivity index (χ3n) is 3.66. The van der Waals surface area contributed by atoms with E-state index in [1.54, 1.807) is 12.1 Å². The van der Waals surface area contributed by atoms with Gasteiger partial charge in [-0.25, -0.2) is 4.79 Å². The van der Waals surface area contributed by atoms with Crippen molar-refractivity contribution in [3.8, 4) is 11.3 Å². The number of hydrogen-bond donors (Lipinski definition) is 4. The number of rotatable bonds is 4. The molecule has 0 aliphatic rings. The molecule has 2 unspecified atom stereocenters.